The van der Waals surface area contributed by atoms with Gasteiger partial charge in [0.2, 0.25) is 0 Å². The van der Waals surface area contributed by atoms with Crippen LogP contribution in [0.25, 0.3) is 0 Å². The monoisotopic (exact) mass is 261 g/mol. The van der Waals surface area contributed by atoms with Gasteiger partial charge in [0.1, 0.15) is 0 Å². The highest BCUT2D eigenvalue weighted by molar-refractivity contribution is 5.28. The lowest BCUT2D eigenvalue weighted by molar-refractivity contribution is -0.0367. The van der Waals surface area contributed by atoms with E-state index in [9.17, 15) is 0 Å². The number of methoxy groups -OCH3 is 1. The van der Waals surface area contributed by atoms with E-state index in [-0.39, 0.29) is 5.60 Å². The Kier molecular flexibility index (Phi) is 5.00. The number of benzene rings is 1. The zero-order valence-corrected chi connectivity index (χ0v) is 12.5. The van der Waals surface area contributed by atoms with Crippen LogP contribution < -0.4 is 5.32 Å². The average Bonchev–Trinajstić information content (AvgIpc) is 2.89. The third-order valence-electron chi connectivity index (χ3n) is 4.36. The summed E-state index contributed by atoms with van der Waals surface area (Å²) in [6.45, 7) is 5.42. The molecule has 0 radical (unpaired) electrons. The first-order valence-corrected chi connectivity index (χ1v) is 7.57. The van der Waals surface area contributed by atoms with E-state index in [2.05, 4.69) is 43.4 Å². The molecule has 1 aliphatic carbocycles. The van der Waals surface area contributed by atoms with Crippen molar-refractivity contribution in [1.29, 1.82) is 0 Å². The van der Waals surface area contributed by atoms with Crippen molar-refractivity contribution in [3.05, 3.63) is 35.4 Å². The van der Waals surface area contributed by atoms with Crippen molar-refractivity contribution in [3.8, 4) is 0 Å². The minimum Gasteiger partial charge on any atom is -0.376 e. The second kappa shape index (κ2) is 6.53. The van der Waals surface area contributed by atoms with Crippen molar-refractivity contribution in [2.75, 3.05) is 13.7 Å². The van der Waals surface area contributed by atoms with Crippen LogP contribution in [0.4, 0.5) is 0 Å². The molecule has 0 saturated heterocycles. The molecular formula is C17H27NO. The highest BCUT2D eigenvalue weighted by Crippen LogP contribution is 2.42. The summed E-state index contributed by atoms with van der Waals surface area (Å²) in [5, 5.41) is 3.72. The molecule has 1 aromatic rings. The van der Waals surface area contributed by atoms with E-state index in [1.165, 1.54) is 36.8 Å². The highest BCUT2D eigenvalue weighted by Gasteiger charge is 2.42. The number of ether oxygens (including phenoxy) is 1. The Hall–Kier alpha value is -0.860. The van der Waals surface area contributed by atoms with Gasteiger partial charge < -0.3 is 10.1 Å². The van der Waals surface area contributed by atoms with Crippen molar-refractivity contribution in [2.24, 2.45) is 0 Å². The van der Waals surface area contributed by atoms with Crippen LogP contribution in [-0.4, -0.2) is 19.3 Å². The molecule has 0 amide bonds. The Balaban J connectivity index is 2.29. The molecule has 106 valence electrons. The fraction of sp³-hybridized carbons (Fsp3) is 0.647. The Bertz CT molecular complexity index is 396. The van der Waals surface area contributed by atoms with Crippen LogP contribution in [0.2, 0.25) is 0 Å². The summed E-state index contributed by atoms with van der Waals surface area (Å²) in [6, 6.07) is 9.17. The number of hydrogen-bond donors (Lipinski definition) is 1. The molecule has 1 saturated carbocycles. The van der Waals surface area contributed by atoms with Gasteiger partial charge in [0.15, 0.2) is 0 Å². The van der Waals surface area contributed by atoms with Gasteiger partial charge in [0.05, 0.1) is 11.6 Å². The Morgan fingerprint density at radius 1 is 1.32 bits per heavy atom. The standard InChI is InChI=1S/C17H27NO/c1-4-12-18-16(15-9-7-8-14(2)13-15)17(19-3)10-5-6-11-17/h7-9,13,16,18H,4-6,10-12H2,1-3H3. The maximum atomic E-state index is 5.99. The molecule has 1 aliphatic rings. The molecular weight excluding hydrogens is 234 g/mol. The number of rotatable bonds is 6. The summed E-state index contributed by atoms with van der Waals surface area (Å²) in [7, 11) is 1.88. The second-order valence-electron chi connectivity index (χ2n) is 5.78. The largest absolute Gasteiger partial charge is 0.376 e. The molecule has 1 fully saturated rings. The van der Waals surface area contributed by atoms with Crippen molar-refractivity contribution in [3.63, 3.8) is 0 Å². The van der Waals surface area contributed by atoms with Gasteiger partial charge in [0.25, 0.3) is 0 Å². The third kappa shape index (κ3) is 3.18. The topological polar surface area (TPSA) is 21.3 Å². The van der Waals surface area contributed by atoms with Crippen molar-refractivity contribution in [1.82, 2.24) is 5.32 Å². The van der Waals surface area contributed by atoms with E-state index < -0.39 is 0 Å². The van der Waals surface area contributed by atoms with Crippen LogP contribution in [0.15, 0.2) is 24.3 Å². The average molecular weight is 261 g/mol. The van der Waals surface area contributed by atoms with Crippen LogP contribution in [-0.2, 0) is 4.74 Å². The summed E-state index contributed by atoms with van der Waals surface area (Å²) in [5.41, 5.74) is 2.69. The molecule has 19 heavy (non-hydrogen) atoms. The predicted molar refractivity (Wildman–Crippen MR) is 80.4 cm³/mol. The highest BCUT2D eigenvalue weighted by atomic mass is 16.5. The van der Waals surface area contributed by atoms with Crippen molar-refractivity contribution >= 4 is 0 Å². The SMILES string of the molecule is CCCNC(c1cccc(C)c1)C1(OC)CCCC1. The number of hydrogen-bond acceptors (Lipinski definition) is 2. The lowest BCUT2D eigenvalue weighted by Crippen LogP contribution is -2.43. The van der Waals surface area contributed by atoms with Gasteiger partial charge in [-0.15, -0.1) is 0 Å². The third-order valence-corrected chi connectivity index (χ3v) is 4.36. The van der Waals surface area contributed by atoms with Gasteiger partial charge in [-0.25, -0.2) is 0 Å². The van der Waals surface area contributed by atoms with E-state index in [1.807, 2.05) is 7.11 Å². The van der Waals surface area contributed by atoms with Crippen LogP contribution >= 0.6 is 0 Å². The number of nitrogens with one attached hydrogen (secondary N) is 1. The van der Waals surface area contributed by atoms with Crippen LogP contribution in [0.3, 0.4) is 0 Å². The van der Waals surface area contributed by atoms with E-state index in [0.29, 0.717) is 6.04 Å². The summed E-state index contributed by atoms with van der Waals surface area (Å²) in [4.78, 5) is 0. The predicted octanol–water partition coefficient (Wildman–Crippen LogP) is 3.99. The Morgan fingerprint density at radius 2 is 2.05 bits per heavy atom. The normalized spacial score (nSPS) is 19.5. The molecule has 1 atom stereocenters. The first kappa shape index (κ1) is 14.5. The first-order chi connectivity index (χ1) is 9.22. The second-order valence-corrected chi connectivity index (χ2v) is 5.78. The van der Waals surface area contributed by atoms with Crippen LogP contribution in [0, 0.1) is 6.92 Å². The molecule has 0 bridgehead atoms. The fourth-order valence-corrected chi connectivity index (χ4v) is 3.33. The molecule has 2 nitrogen and oxygen atoms in total. The van der Waals surface area contributed by atoms with Gasteiger partial charge in [-0.2, -0.15) is 0 Å². The minimum absolute atomic E-state index is 0.0109. The Morgan fingerprint density at radius 3 is 2.63 bits per heavy atom. The van der Waals surface area contributed by atoms with Crippen LogP contribution in [0.5, 0.6) is 0 Å². The van der Waals surface area contributed by atoms with Gasteiger partial charge in [-0.05, 0) is 38.3 Å². The maximum absolute atomic E-state index is 5.99. The summed E-state index contributed by atoms with van der Waals surface area (Å²) >= 11 is 0. The van der Waals surface area contributed by atoms with E-state index >= 15 is 0 Å². The smallest absolute Gasteiger partial charge is 0.0872 e. The fourth-order valence-electron chi connectivity index (χ4n) is 3.33. The zero-order chi connectivity index (χ0) is 13.7. The molecule has 2 rings (SSSR count). The van der Waals surface area contributed by atoms with Gasteiger partial charge >= 0.3 is 0 Å². The molecule has 0 aromatic heterocycles. The van der Waals surface area contributed by atoms with Crippen LogP contribution in [0.1, 0.15) is 56.2 Å². The van der Waals surface area contributed by atoms with Gasteiger partial charge in [0, 0.05) is 7.11 Å². The lowest BCUT2D eigenvalue weighted by Gasteiger charge is -2.37. The maximum Gasteiger partial charge on any atom is 0.0872 e. The molecule has 0 aliphatic heterocycles. The summed E-state index contributed by atoms with van der Waals surface area (Å²) < 4.78 is 5.99. The molecule has 1 unspecified atom stereocenters. The Labute approximate surface area is 117 Å². The molecule has 0 spiro atoms. The zero-order valence-electron chi connectivity index (χ0n) is 12.5. The lowest BCUT2D eigenvalue weighted by atomic mass is 9.86. The van der Waals surface area contributed by atoms with Crippen molar-refractivity contribution < 1.29 is 4.74 Å². The van der Waals surface area contributed by atoms with E-state index in [1.54, 1.807) is 0 Å². The molecule has 1 aromatic carbocycles. The molecule has 1 N–H and O–H groups in total. The molecule has 0 heterocycles. The van der Waals surface area contributed by atoms with E-state index in [4.69, 9.17) is 4.74 Å². The number of aryl methyl sites for hydroxylation is 1. The van der Waals surface area contributed by atoms with E-state index in [0.717, 1.165) is 13.0 Å². The van der Waals surface area contributed by atoms with Crippen molar-refractivity contribution in [2.45, 2.75) is 57.6 Å². The first-order valence-electron chi connectivity index (χ1n) is 7.57. The van der Waals surface area contributed by atoms with Gasteiger partial charge in [-0.3, -0.25) is 0 Å². The minimum atomic E-state index is -0.0109. The summed E-state index contributed by atoms with van der Waals surface area (Å²) in [6.07, 6.45) is 6.05. The van der Waals surface area contributed by atoms with Gasteiger partial charge in [-0.1, -0.05) is 49.6 Å². The molecule has 2 heteroatoms. The quantitative estimate of drug-likeness (QED) is 0.836. The summed E-state index contributed by atoms with van der Waals surface area (Å²) in [5.74, 6) is 0.